The van der Waals surface area contributed by atoms with Crippen molar-refractivity contribution >= 4 is 0 Å². The molecule has 2 fully saturated rings. The highest BCUT2D eigenvalue weighted by atomic mass is 16.5. The lowest BCUT2D eigenvalue weighted by atomic mass is 9.71. The van der Waals surface area contributed by atoms with Crippen LogP contribution in [0, 0.1) is 11.3 Å². The van der Waals surface area contributed by atoms with Crippen molar-refractivity contribution in [2.24, 2.45) is 11.3 Å². The van der Waals surface area contributed by atoms with E-state index in [0.717, 1.165) is 25.7 Å². The van der Waals surface area contributed by atoms with Gasteiger partial charge in [-0.2, -0.15) is 0 Å². The summed E-state index contributed by atoms with van der Waals surface area (Å²) >= 11 is 0. The molecule has 118 valence electrons. The molecule has 1 aliphatic carbocycles. The summed E-state index contributed by atoms with van der Waals surface area (Å²) in [6.45, 7) is 12.0. The molecule has 3 heteroatoms. The first-order valence-corrected chi connectivity index (χ1v) is 8.43. The smallest absolute Gasteiger partial charge is 0.0726 e. The van der Waals surface area contributed by atoms with Crippen molar-refractivity contribution in [1.82, 2.24) is 5.32 Å². The van der Waals surface area contributed by atoms with E-state index < -0.39 is 0 Å². The van der Waals surface area contributed by atoms with Gasteiger partial charge in [-0.25, -0.2) is 0 Å². The number of ether oxygens (including phenoxy) is 2. The van der Waals surface area contributed by atoms with Gasteiger partial charge in [0.1, 0.15) is 0 Å². The van der Waals surface area contributed by atoms with Crippen LogP contribution in [-0.4, -0.2) is 38.0 Å². The topological polar surface area (TPSA) is 30.5 Å². The van der Waals surface area contributed by atoms with Crippen molar-refractivity contribution in [2.75, 3.05) is 19.8 Å². The van der Waals surface area contributed by atoms with E-state index in [1.54, 1.807) is 0 Å². The zero-order chi connectivity index (χ0) is 14.6. The van der Waals surface area contributed by atoms with Crippen LogP contribution in [0.15, 0.2) is 0 Å². The molecule has 4 atom stereocenters. The van der Waals surface area contributed by atoms with E-state index in [0.29, 0.717) is 23.7 Å². The second-order valence-electron chi connectivity index (χ2n) is 7.70. The average molecular weight is 283 g/mol. The molecule has 1 heterocycles. The molecule has 2 aliphatic rings. The SMILES string of the molecule is CC1CC(OCCNC(C)C2CCCO2)CC(C)(C)C1. The molecule has 0 aromatic heterocycles. The fourth-order valence-corrected chi connectivity index (χ4v) is 4.03. The van der Waals surface area contributed by atoms with Crippen LogP contribution in [0.2, 0.25) is 0 Å². The molecular weight excluding hydrogens is 250 g/mol. The van der Waals surface area contributed by atoms with E-state index in [4.69, 9.17) is 9.47 Å². The van der Waals surface area contributed by atoms with Crippen molar-refractivity contribution in [3.05, 3.63) is 0 Å². The molecular formula is C17H33NO2. The number of hydrogen-bond donors (Lipinski definition) is 1. The molecule has 1 aliphatic heterocycles. The summed E-state index contributed by atoms with van der Waals surface area (Å²) in [6, 6.07) is 0.447. The van der Waals surface area contributed by atoms with E-state index >= 15 is 0 Å². The molecule has 2 rings (SSSR count). The minimum Gasteiger partial charge on any atom is -0.377 e. The standard InChI is InChI=1S/C17H33NO2/c1-13-10-15(12-17(3,4)11-13)19-9-7-18-14(2)16-6-5-8-20-16/h13-16,18H,5-12H2,1-4H3. The highest BCUT2D eigenvalue weighted by Gasteiger charge is 2.32. The third-order valence-electron chi connectivity index (χ3n) is 4.79. The molecule has 0 aromatic carbocycles. The predicted molar refractivity (Wildman–Crippen MR) is 83.0 cm³/mol. The second kappa shape index (κ2) is 7.24. The van der Waals surface area contributed by atoms with Crippen LogP contribution in [0.1, 0.15) is 59.8 Å². The molecule has 3 nitrogen and oxygen atoms in total. The van der Waals surface area contributed by atoms with Crippen LogP contribution in [0.4, 0.5) is 0 Å². The summed E-state index contributed by atoms with van der Waals surface area (Å²) in [6.07, 6.45) is 7.04. The highest BCUT2D eigenvalue weighted by Crippen LogP contribution is 2.39. The number of nitrogens with one attached hydrogen (secondary N) is 1. The van der Waals surface area contributed by atoms with Gasteiger partial charge in [0.05, 0.1) is 18.8 Å². The van der Waals surface area contributed by atoms with E-state index in [1.807, 2.05) is 0 Å². The summed E-state index contributed by atoms with van der Waals surface area (Å²) < 4.78 is 11.8. The van der Waals surface area contributed by atoms with Gasteiger partial charge in [0.15, 0.2) is 0 Å². The van der Waals surface area contributed by atoms with Crippen LogP contribution < -0.4 is 5.32 Å². The maximum Gasteiger partial charge on any atom is 0.0726 e. The molecule has 0 bridgehead atoms. The lowest BCUT2D eigenvalue weighted by molar-refractivity contribution is -0.0229. The average Bonchev–Trinajstić information content (AvgIpc) is 2.85. The lowest BCUT2D eigenvalue weighted by Crippen LogP contribution is -2.40. The van der Waals surface area contributed by atoms with Gasteiger partial charge in [0, 0.05) is 19.2 Å². The Kier molecular flexibility index (Phi) is 5.88. The Hall–Kier alpha value is -0.120. The quantitative estimate of drug-likeness (QED) is 0.758. The van der Waals surface area contributed by atoms with Gasteiger partial charge in [0.2, 0.25) is 0 Å². The third-order valence-corrected chi connectivity index (χ3v) is 4.79. The summed E-state index contributed by atoms with van der Waals surface area (Å²) in [5, 5.41) is 3.55. The van der Waals surface area contributed by atoms with E-state index in [-0.39, 0.29) is 0 Å². The zero-order valence-corrected chi connectivity index (χ0v) is 13.8. The largest absolute Gasteiger partial charge is 0.377 e. The molecule has 1 N–H and O–H groups in total. The van der Waals surface area contributed by atoms with Gasteiger partial charge < -0.3 is 14.8 Å². The maximum atomic E-state index is 6.10. The summed E-state index contributed by atoms with van der Waals surface area (Å²) in [5.74, 6) is 0.794. The Bertz CT molecular complexity index is 287. The number of rotatable bonds is 6. The summed E-state index contributed by atoms with van der Waals surface area (Å²) in [4.78, 5) is 0. The molecule has 0 amide bonds. The van der Waals surface area contributed by atoms with Gasteiger partial charge in [0.25, 0.3) is 0 Å². The molecule has 0 aromatic rings. The van der Waals surface area contributed by atoms with Gasteiger partial charge >= 0.3 is 0 Å². The Morgan fingerprint density at radius 1 is 1.35 bits per heavy atom. The van der Waals surface area contributed by atoms with Gasteiger partial charge in [-0.1, -0.05) is 20.8 Å². The predicted octanol–water partition coefficient (Wildman–Crippen LogP) is 3.37. The zero-order valence-electron chi connectivity index (χ0n) is 13.8. The summed E-state index contributed by atoms with van der Waals surface area (Å²) in [5.41, 5.74) is 0.445. The maximum absolute atomic E-state index is 6.10. The summed E-state index contributed by atoms with van der Waals surface area (Å²) in [7, 11) is 0. The minimum absolute atomic E-state index is 0.406. The molecule has 20 heavy (non-hydrogen) atoms. The van der Waals surface area contributed by atoms with Crippen molar-refractivity contribution < 1.29 is 9.47 Å². The first-order chi connectivity index (χ1) is 9.46. The third kappa shape index (κ3) is 5.01. The first kappa shape index (κ1) is 16.3. The van der Waals surface area contributed by atoms with E-state index in [1.165, 1.54) is 32.1 Å². The van der Waals surface area contributed by atoms with E-state index in [9.17, 15) is 0 Å². The number of hydrogen-bond acceptors (Lipinski definition) is 3. The van der Waals surface area contributed by atoms with Crippen molar-refractivity contribution in [2.45, 2.75) is 78.0 Å². The fourth-order valence-electron chi connectivity index (χ4n) is 4.03. The van der Waals surface area contributed by atoms with Crippen LogP contribution in [0.25, 0.3) is 0 Å². The Morgan fingerprint density at radius 2 is 2.15 bits per heavy atom. The van der Waals surface area contributed by atoms with Gasteiger partial charge in [-0.3, -0.25) is 0 Å². The van der Waals surface area contributed by atoms with Crippen LogP contribution in [0.3, 0.4) is 0 Å². The fraction of sp³-hybridized carbons (Fsp3) is 1.00. The molecule has 1 saturated heterocycles. The van der Waals surface area contributed by atoms with E-state index in [2.05, 4.69) is 33.0 Å². The van der Waals surface area contributed by atoms with Gasteiger partial charge in [-0.15, -0.1) is 0 Å². The highest BCUT2D eigenvalue weighted by molar-refractivity contribution is 4.83. The normalized spacial score (nSPS) is 35.1. The minimum atomic E-state index is 0.406. The van der Waals surface area contributed by atoms with Crippen LogP contribution >= 0.6 is 0 Å². The van der Waals surface area contributed by atoms with Crippen molar-refractivity contribution in [3.8, 4) is 0 Å². The Labute approximate surface area is 124 Å². The Balaban J connectivity index is 1.60. The Morgan fingerprint density at radius 3 is 2.80 bits per heavy atom. The molecule has 4 unspecified atom stereocenters. The molecule has 1 saturated carbocycles. The monoisotopic (exact) mass is 283 g/mol. The van der Waals surface area contributed by atoms with Crippen LogP contribution in [-0.2, 0) is 9.47 Å². The van der Waals surface area contributed by atoms with Gasteiger partial charge in [-0.05, 0) is 50.4 Å². The van der Waals surface area contributed by atoms with Crippen LogP contribution in [0.5, 0.6) is 0 Å². The first-order valence-electron chi connectivity index (χ1n) is 8.43. The molecule has 0 radical (unpaired) electrons. The lowest BCUT2D eigenvalue weighted by Gasteiger charge is -2.38. The van der Waals surface area contributed by atoms with Crippen molar-refractivity contribution in [1.29, 1.82) is 0 Å². The molecule has 0 spiro atoms. The van der Waals surface area contributed by atoms with Crippen molar-refractivity contribution in [3.63, 3.8) is 0 Å². The second-order valence-corrected chi connectivity index (χ2v) is 7.70.